The molecular weight excluding hydrogens is 254 g/mol. The lowest BCUT2D eigenvalue weighted by molar-refractivity contribution is 0.0961. The van der Waals surface area contributed by atoms with Crippen LogP contribution < -0.4 is 5.32 Å². The van der Waals surface area contributed by atoms with Gasteiger partial charge in [-0.25, -0.2) is 4.98 Å². The summed E-state index contributed by atoms with van der Waals surface area (Å²) < 4.78 is 4.80. The molecule has 2 heterocycles. The molecule has 5 nitrogen and oxygen atoms in total. The summed E-state index contributed by atoms with van der Waals surface area (Å²) in [4.78, 5) is 15.6. The van der Waals surface area contributed by atoms with E-state index in [9.17, 15) is 4.79 Å². The number of halogens is 1. The number of carbonyl (C=O) groups is 1. The lowest BCUT2D eigenvalue weighted by Gasteiger charge is -1.95. The van der Waals surface area contributed by atoms with E-state index in [0.717, 1.165) is 0 Å². The van der Waals surface area contributed by atoms with Gasteiger partial charge < -0.3 is 9.84 Å². The van der Waals surface area contributed by atoms with E-state index in [1.54, 1.807) is 37.3 Å². The maximum atomic E-state index is 11.6. The molecular formula is C12H10ClN3O2. The largest absolute Gasteiger partial charge is 0.361 e. The second-order valence-corrected chi connectivity index (χ2v) is 3.90. The summed E-state index contributed by atoms with van der Waals surface area (Å²) in [7, 11) is 0. The van der Waals surface area contributed by atoms with E-state index in [4.69, 9.17) is 16.1 Å². The summed E-state index contributed by atoms with van der Waals surface area (Å²) in [6.07, 6.45) is 3.11. The number of hydrogen-bond acceptors (Lipinski definition) is 4. The zero-order valence-corrected chi connectivity index (χ0v) is 10.3. The highest BCUT2D eigenvalue weighted by molar-refractivity contribution is 6.29. The maximum absolute atomic E-state index is 11.6. The third kappa shape index (κ3) is 3.18. The number of nitrogens with zero attached hydrogens (tertiary/aromatic N) is 2. The molecule has 0 radical (unpaired) electrons. The fraction of sp³-hybridized carbons (Fsp3) is 0.0833. The molecule has 0 aliphatic rings. The number of amides is 1. The van der Waals surface area contributed by atoms with Crippen molar-refractivity contribution < 1.29 is 9.32 Å². The predicted octanol–water partition coefficient (Wildman–Crippen LogP) is 2.43. The first-order valence-corrected chi connectivity index (χ1v) is 5.56. The van der Waals surface area contributed by atoms with Crippen LogP contribution in [0.25, 0.3) is 6.08 Å². The van der Waals surface area contributed by atoms with Gasteiger partial charge in [0, 0.05) is 12.3 Å². The van der Waals surface area contributed by atoms with Gasteiger partial charge in [-0.15, -0.1) is 0 Å². The summed E-state index contributed by atoms with van der Waals surface area (Å²) in [6.45, 7) is 1.72. The summed E-state index contributed by atoms with van der Waals surface area (Å²) in [5.41, 5.74) is 0.885. The molecule has 0 aliphatic carbocycles. The summed E-state index contributed by atoms with van der Waals surface area (Å²) in [6, 6.07) is 6.78. The molecule has 0 saturated carbocycles. The molecule has 0 bridgehead atoms. The zero-order valence-electron chi connectivity index (χ0n) is 9.55. The predicted molar refractivity (Wildman–Crippen MR) is 67.0 cm³/mol. The minimum absolute atomic E-state index is 0.233. The van der Waals surface area contributed by atoms with Crippen molar-refractivity contribution in [2.75, 3.05) is 0 Å². The zero-order chi connectivity index (χ0) is 13.0. The molecule has 0 unspecified atom stereocenters. The molecule has 2 rings (SSSR count). The number of pyridine rings is 1. The van der Waals surface area contributed by atoms with Crippen LogP contribution in [0, 0.1) is 6.92 Å². The van der Waals surface area contributed by atoms with Gasteiger partial charge in [0.1, 0.15) is 10.9 Å². The maximum Gasteiger partial charge on any atom is 0.277 e. The van der Waals surface area contributed by atoms with Crippen LogP contribution >= 0.6 is 11.6 Å². The molecule has 0 aliphatic heterocycles. The van der Waals surface area contributed by atoms with Gasteiger partial charge in [0.2, 0.25) is 0 Å². The van der Waals surface area contributed by atoms with Crippen molar-refractivity contribution in [2.24, 2.45) is 0 Å². The average Bonchev–Trinajstić information content (AvgIpc) is 2.76. The van der Waals surface area contributed by atoms with Crippen LogP contribution in [0.5, 0.6) is 0 Å². The van der Waals surface area contributed by atoms with Gasteiger partial charge in [0.05, 0.1) is 5.69 Å². The fourth-order valence-electron chi connectivity index (χ4n) is 1.27. The van der Waals surface area contributed by atoms with E-state index < -0.39 is 0 Å². The monoisotopic (exact) mass is 263 g/mol. The molecule has 18 heavy (non-hydrogen) atoms. The number of aromatic nitrogens is 2. The Bertz CT molecular complexity index is 593. The van der Waals surface area contributed by atoms with Crippen molar-refractivity contribution in [3.63, 3.8) is 0 Å². The molecule has 0 aromatic carbocycles. The van der Waals surface area contributed by atoms with Crippen LogP contribution in [0.2, 0.25) is 5.15 Å². The van der Waals surface area contributed by atoms with Crippen molar-refractivity contribution in [1.29, 1.82) is 0 Å². The minimum atomic E-state index is -0.342. The number of carbonyl (C=O) groups excluding carboxylic acids is 1. The topological polar surface area (TPSA) is 68.0 Å². The lowest BCUT2D eigenvalue weighted by Crippen LogP contribution is -2.17. The van der Waals surface area contributed by atoms with Crippen molar-refractivity contribution in [1.82, 2.24) is 15.5 Å². The highest BCUT2D eigenvalue weighted by atomic mass is 35.5. The van der Waals surface area contributed by atoms with E-state index >= 15 is 0 Å². The first-order chi connectivity index (χ1) is 8.65. The molecule has 0 saturated heterocycles. The Hall–Kier alpha value is -2.14. The second-order valence-electron chi connectivity index (χ2n) is 3.51. The number of rotatable bonds is 3. The molecule has 2 aromatic rings. The molecule has 0 fully saturated rings. The molecule has 0 spiro atoms. The first-order valence-electron chi connectivity index (χ1n) is 5.18. The van der Waals surface area contributed by atoms with Crippen LogP contribution in [0.4, 0.5) is 0 Å². The third-order valence-electron chi connectivity index (χ3n) is 2.07. The smallest absolute Gasteiger partial charge is 0.277 e. The van der Waals surface area contributed by atoms with Gasteiger partial charge in [0.15, 0.2) is 5.69 Å². The standard InChI is InChI=1S/C12H10ClN3O2/c1-8-7-10(16-18-8)12(17)14-6-5-9-3-2-4-11(13)15-9/h2-7H,1H3,(H,14,17). The van der Waals surface area contributed by atoms with Crippen LogP contribution in [0.3, 0.4) is 0 Å². The summed E-state index contributed by atoms with van der Waals surface area (Å²) in [5, 5.41) is 6.55. The highest BCUT2D eigenvalue weighted by Gasteiger charge is 2.08. The lowest BCUT2D eigenvalue weighted by atomic mass is 10.3. The van der Waals surface area contributed by atoms with Gasteiger partial charge in [-0.05, 0) is 25.1 Å². The molecule has 92 valence electrons. The van der Waals surface area contributed by atoms with Gasteiger partial charge in [-0.3, -0.25) is 4.79 Å². The van der Waals surface area contributed by atoms with Gasteiger partial charge >= 0.3 is 0 Å². The van der Waals surface area contributed by atoms with Crippen LogP contribution in [0.15, 0.2) is 35.0 Å². The average molecular weight is 264 g/mol. The number of hydrogen-bond donors (Lipinski definition) is 1. The Balaban J connectivity index is 1.97. The van der Waals surface area contributed by atoms with Crippen LogP contribution in [-0.4, -0.2) is 16.0 Å². The van der Waals surface area contributed by atoms with E-state index in [-0.39, 0.29) is 11.6 Å². The Morgan fingerprint density at radius 2 is 2.33 bits per heavy atom. The highest BCUT2D eigenvalue weighted by Crippen LogP contribution is 2.06. The van der Waals surface area contributed by atoms with Crippen LogP contribution in [-0.2, 0) is 0 Å². The SMILES string of the molecule is Cc1cc(C(=O)NC=Cc2cccc(Cl)n2)no1. The molecule has 1 N–H and O–H groups in total. The minimum Gasteiger partial charge on any atom is -0.361 e. The fourth-order valence-corrected chi connectivity index (χ4v) is 1.44. The number of aryl methyl sites for hydroxylation is 1. The van der Waals surface area contributed by atoms with E-state index in [0.29, 0.717) is 16.6 Å². The van der Waals surface area contributed by atoms with Crippen molar-refractivity contribution in [3.05, 3.63) is 52.8 Å². The van der Waals surface area contributed by atoms with Gasteiger partial charge in [-0.2, -0.15) is 0 Å². The quantitative estimate of drug-likeness (QED) is 0.864. The first kappa shape index (κ1) is 12.3. The Kier molecular flexibility index (Phi) is 3.74. The summed E-state index contributed by atoms with van der Waals surface area (Å²) >= 11 is 5.73. The Labute approximate surface area is 108 Å². The molecule has 1 amide bonds. The molecule has 6 heteroatoms. The molecule has 2 aromatic heterocycles. The van der Waals surface area contributed by atoms with Crippen molar-refractivity contribution in [3.8, 4) is 0 Å². The third-order valence-corrected chi connectivity index (χ3v) is 2.28. The van der Waals surface area contributed by atoms with Gasteiger partial charge in [-0.1, -0.05) is 22.8 Å². The van der Waals surface area contributed by atoms with Gasteiger partial charge in [0.25, 0.3) is 5.91 Å². The number of nitrogens with one attached hydrogen (secondary N) is 1. The molecule has 0 atom stereocenters. The second kappa shape index (κ2) is 5.46. The van der Waals surface area contributed by atoms with Crippen molar-refractivity contribution in [2.45, 2.75) is 6.92 Å². The van der Waals surface area contributed by atoms with Crippen molar-refractivity contribution >= 4 is 23.6 Å². The summed E-state index contributed by atoms with van der Waals surface area (Å²) in [5.74, 6) is 0.241. The van der Waals surface area contributed by atoms with E-state index in [1.807, 2.05) is 0 Å². The van der Waals surface area contributed by atoms with E-state index in [2.05, 4.69) is 15.5 Å². The van der Waals surface area contributed by atoms with Crippen LogP contribution in [0.1, 0.15) is 21.9 Å². The normalized spacial score (nSPS) is 10.8. The Morgan fingerprint density at radius 1 is 1.50 bits per heavy atom. The Morgan fingerprint density at radius 3 is 3.00 bits per heavy atom. The van der Waals surface area contributed by atoms with E-state index in [1.165, 1.54) is 6.20 Å².